The van der Waals surface area contributed by atoms with Crippen LogP contribution in [0.3, 0.4) is 0 Å². The lowest BCUT2D eigenvalue weighted by Crippen LogP contribution is -2.41. The number of carbonyl (C=O) groups is 1. The number of rotatable bonds is 8. The lowest BCUT2D eigenvalue weighted by molar-refractivity contribution is -0.126. The standard InChI is InChI=1S/C16H27N3O4S/c1-3-24(21,22)10-8-18-11-14(16(20)17-6-9-23-2)12-19-7-4-5-15(19)13-18/h4-5,7,14H,3,6,8-13H2,1-2H3,(H,17,20). The number of ether oxygens (including phenoxy) is 1. The number of sulfone groups is 1. The van der Waals surface area contributed by atoms with E-state index in [1.807, 2.05) is 18.3 Å². The van der Waals surface area contributed by atoms with E-state index < -0.39 is 9.84 Å². The Morgan fingerprint density at radius 3 is 2.92 bits per heavy atom. The summed E-state index contributed by atoms with van der Waals surface area (Å²) in [4.78, 5) is 14.5. The molecule has 1 N–H and O–H groups in total. The summed E-state index contributed by atoms with van der Waals surface area (Å²) < 4.78 is 30.6. The summed E-state index contributed by atoms with van der Waals surface area (Å²) in [6, 6.07) is 3.98. The highest BCUT2D eigenvalue weighted by Gasteiger charge is 2.27. The third-order valence-corrected chi connectivity index (χ3v) is 6.02. The van der Waals surface area contributed by atoms with Gasteiger partial charge in [-0.05, 0) is 12.1 Å². The molecule has 0 aliphatic carbocycles. The van der Waals surface area contributed by atoms with Crippen molar-refractivity contribution in [3.05, 3.63) is 24.0 Å². The quantitative estimate of drug-likeness (QED) is 0.668. The molecule has 136 valence electrons. The van der Waals surface area contributed by atoms with Crippen molar-refractivity contribution in [1.29, 1.82) is 0 Å². The Morgan fingerprint density at radius 1 is 1.42 bits per heavy atom. The Labute approximate surface area is 143 Å². The van der Waals surface area contributed by atoms with E-state index in [0.717, 1.165) is 5.69 Å². The van der Waals surface area contributed by atoms with Gasteiger partial charge in [0.25, 0.3) is 0 Å². The number of methoxy groups -OCH3 is 1. The maximum atomic E-state index is 12.4. The Morgan fingerprint density at radius 2 is 2.21 bits per heavy atom. The largest absolute Gasteiger partial charge is 0.383 e. The number of nitrogens with one attached hydrogen (secondary N) is 1. The van der Waals surface area contributed by atoms with Crippen LogP contribution in [0.25, 0.3) is 0 Å². The number of fused-ring (bicyclic) bond motifs is 1. The van der Waals surface area contributed by atoms with Crippen molar-refractivity contribution in [2.75, 3.05) is 44.9 Å². The molecule has 0 aromatic carbocycles. The first kappa shape index (κ1) is 19.0. The Bertz CT molecular complexity index is 642. The molecule has 1 aliphatic heterocycles. The molecular weight excluding hydrogens is 330 g/mol. The van der Waals surface area contributed by atoms with Crippen LogP contribution in [0.1, 0.15) is 12.6 Å². The number of aromatic nitrogens is 1. The smallest absolute Gasteiger partial charge is 0.226 e. The van der Waals surface area contributed by atoms with Gasteiger partial charge in [-0.3, -0.25) is 9.69 Å². The molecule has 0 bridgehead atoms. The molecule has 24 heavy (non-hydrogen) atoms. The van der Waals surface area contributed by atoms with Crippen molar-refractivity contribution >= 4 is 15.7 Å². The van der Waals surface area contributed by atoms with Crippen LogP contribution in [-0.4, -0.2) is 68.6 Å². The molecule has 1 unspecified atom stereocenters. The van der Waals surface area contributed by atoms with Crippen LogP contribution in [0.2, 0.25) is 0 Å². The zero-order valence-corrected chi connectivity index (χ0v) is 15.2. The van der Waals surface area contributed by atoms with Crippen LogP contribution in [0, 0.1) is 5.92 Å². The third-order valence-electron chi connectivity index (χ3n) is 4.34. The van der Waals surface area contributed by atoms with Crippen molar-refractivity contribution in [3.8, 4) is 0 Å². The second-order valence-corrected chi connectivity index (χ2v) is 8.58. The molecule has 0 spiro atoms. The molecule has 1 aromatic heterocycles. The van der Waals surface area contributed by atoms with Crippen molar-refractivity contribution in [2.24, 2.45) is 5.92 Å². The molecule has 1 aromatic rings. The summed E-state index contributed by atoms with van der Waals surface area (Å²) in [6.45, 7) is 4.89. The van der Waals surface area contributed by atoms with E-state index in [0.29, 0.717) is 39.3 Å². The van der Waals surface area contributed by atoms with Crippen molar-refractivity contribution in [3.63, 3.8) is 0 Å². The van der Waals surface area contributed by atoms with E-state index in [4.69, 9.17) is 4.74 Å². The summed E-state index contributed by atoms with van der Waals surface area (Å²) in [5.41, 5.74) is 1.11. The Balaban J connectivity index is 2.05. The van der Waals surface area contributed by atoms with Crippen LogP contribution < -0.4 is 5.32 Å². The predicted octanol–water partition coefficient (Wildman–Crippen LogP) is 0.117. The predicted molar refractivity (Wildman–Crippen MR) is 92.4 cm³/mol. The number of hydrogen-bond donors (Lipinski definition) is 1. The first-order chi connectivity index (χ1) is 11.4. The minimum Gasteiger partial charge on any atom is -0.383 e. The van der Waals surface area contributed by atoms with E-state index in [1.54, 1.807) is 14.0 Å². The topological polar surface area (TPSA) is 80.6 Å². The molecule has 0 saturated carbocycles. The van der Waals surface area contributed by atoms with Crippen LogP contribution >= 0.6 is 0 Å². The molecular formula is C16H27N3O4S. The molecule has 0 fully saturated rings. The molecule has 2 rings (SSSR count). The minimum atomic E-state index is -3.02. The summed E-state index contributed by atoms with van der Waals surface area (Å²) in [6.07, 6.45) is 1.97. The van der Waals surface area contributed by atoms with Crippen molar-refractivity contribution < 1.29 is 17.9 Å². The highest BCUT2D eigenvalue weighted by atomic mass is 32.2. The fraction of sp³-hybridized carbons (Fsp3) is 0.688. The zero-order chi connectivity index (χ0) is 17.6. The summed E-state index contributed by atoms with van der Waals surface area (Å²) in [5.74, 6) is 0.0529. The van der Waals surface area contributed by atoms with E-state index in [-0.39, 0.29) is 23.3 Å². The molecule has 7 nitrogen and oxygen atoms in total. The fourth-order valence-corrected chi connectivity index (χ4v) is 3.67. The summed E-state index contributed by atoms with van der Waals surface area (Å²) >= 11 is 0. The maximum absolute atomic E-state index is 12.4. The minimum absolute atomic E-state index is 0.0167. The maximum Gasteiger partial charge on any atom is 0.226 e. The molecule has 1 amide bonds. The van der Waals surface area contributed by atoms with Gasteiger partial charge in [-0.15, -0.1) is 0 Å². The number of hydrogen-bond acceptors (Lipinski definition) is 5. The van der Waals surface area contributed by atoms with E-state index in [2.05, 4.69) is 14.8 Å². The highest BCUT2D eigenvalue weighted by Crippen LogP contribution is 2.17. The molecule has 0 radical (unpaired) electrons. The van der Waals surface area contributed by atoms with Gasteiger partial charge >= 0.3 is 0 Å². The van der Waals surface area contributed by atoms with Crippen LogP contribution in [-0.2, 0) is 32.5 Å². The van der Waals surface area contributed by atoms with E-state index >= 15 is 0 Å². The van der Waals surface area contributed by atoms with Gasteiger partial charge in [0.15, 0.2) is 9.84 Å². The zero-order valence-electron chi connectivity index (χ0n) is 14.4. The van der Waals surface area contributed by atoms with Gasteiger partial charge in [0.1, 0.15) is 0 Å². The Kier molecular flexibility index (Phi) is 6.82. The first-order valence-corrected chi connectivity index (χ1v) is 10.1. The third kappa shape index (κ3) is 5.32. The van der Waals surface area contributed by atoms with Gasteiger partial charge in [-0.2, -0.15) is 0 Å². The van der Waals surface area contributed by atoms with E-state index in [9.17, 15) is 13.2 Å². The molecule has 0 saturated heterocycles. The highest BCUT2D eigenvalue weighted by molar-refractivity contribution is 7.91. The fourth-order valence-electron chi connectivity index (χ4n) is 2.84. The van der Waals surface area contributed by atoms with Crippen molar-refractivity contribution in [2.45, 2.75) is 20.0 Å². The lowest BCUT2D eigenvalue weighted by atomic mass is 10.1. The van der Waals surface area contributed by atoms with Gasteiger partial charge in [0.2, 0.25) is 5.91 Å². The molecule has 2 heterocycles. The second-order valence-electron chi connectivity index (χ2n) is 6.10. The molecule has 1 atom stereocenters. The number of nitrogens with zero attached hydrogens (tertiary/aromatic N) is 2. The van der Waals surface area contributed by atoms with Gasteiger partial charge in [-0.25, -0.2) is 8.42 Å². The van der Waals surface area contributed by atoms with Crippen molar-refractivity contribution in [1.82, 2.24) is 14.8 Å². The monoisotopic (exact) mass is 357 g/mol. The van der Waals surface area contributed by atoms with Crippen LogP contribution in [0.4, 0.5) is 0 Å². The van der Waals surface area contributed by atoms with Gasteiger partial charge < -0.3 is 14.6 Å². The normalized spacial score (nSPS) is 18.8. The van der Waals surface area contributed by atoms with E-state index in [1.165, 1.54) is 0 Å². The number of amides is 1. The summed E-state index contributed by atoms with van der Waals surface area (Å²) in [5, 5.41) is 2.89. The van der Waals surface area contributed by atoms with Gasteiger partial charge in [-0.1, -0.05) is 6.92 Å². The van der Waals surface area contributed by atoms with Gasteiger partial charge in [0.05, 0.1) is 18.3 Å². The molecule has 1 aliphatic rings. The van der Waals surface area contributed by atoms with Crippen LogP contribution in [0.15, 0.2) is 18.3 Å². The average molecular weight is 357 g/mol. The molecule has 8 heteroatoms. The Hall–Kier alpha value is -1.38. The lowest BCUT2D eigenvalue weighted by Gasteiger charge is -2.23. The SMILES string of the molecule is CCS(=O)(=O)CCN1Cc2cccn2CC(C(=O)NCCOC)C1. The van der Waals surface area contributed by atoms with Crippen LogP contribution in [0.5, 0.6) is 0 Å². The average Bonchev–Trinajstić information content (AvgIpc) is 2.91. The summed E-state index contributed by atoms with van der Waals surface area (Å²) in [7, 11) is -1.42. The second kappa shape index (κ2) is 8.64. The number of carbonyl (C=O) groups excluding carboxylic acids is 1. The first-order valence-electron chi connectivity index (χ1n) is 8.28. The van der Waals surface area contributed by atoms with Gasteiger partial charge in [0, 0.05) is 57.5 Å².